The van der Waals surface area contributed by atoms with E-state index in [2.05, 4.69) is 12.2 Å². The quantitative estimate of drug-likeness (QED) is 0.588. The second kappa shape index (κ2) is 9.04. The predicted octanol–water partition coefficient (Wildman–Crippen LogP) is 5.64. The summed E-state index contributed by atoms with van der Waals surface area (Å²) >= 11 is 0. The fourth-order valence-corrected chi connectivity index (χ4v) is 4.04. The molecule has 3 amide bonds. The van der Waals surface area contributed by atoms with Crippen molar-refractivity contribution in [2.24, 2.45) is 0 Å². The van der Waals surface area contributed by atoms with Crippen LogP contribution in [0, 0.1) is 6.92 Å². The van der Waals surface area contributed by atoms with Gasteiger partial charge in [-0.1, -0.05) is 60.2 Å². The Kier molecular flexibility index (Phi) is 6.03. The van der Waals surface area contributed by atoms with E-state index < -0.39 is 0 Å². The zero-order valence-electron chi connectivity index (χ0n) is 17.9. The maximum atomic E-state index is 13.4. The third-order valence-electron chi connectivity index (χ3n) is 5.73. The van der Waals surface area contributed by atoms with Gasteiger partial charge in [0.25, 0.3) is 5.91 Å². The minimum Gasteiger partial charge on any atom is -0.320 e. The molecule has 5 nitrogen and oxygen atoms in total. The lowest BCUT2D eigenvalue weighted by Gasteiger charge is -2.39. The van der Waals surface area contributed by atoms with E-state index in [9.17, 15) is 9.59 Å². The summed E-state index contributed by atoms with van der Waals surface area (Å²) in [7, 11) is 0. The molecular formula is C26H27N3O2. The van der Waals surface area contributed by atoms with Crippen molar-refractivity contribution in [3.05, 3.63) is 95.6 Å². The van der Waals surface area contributed by atoms with Crippen LogP contribution in [-0.4, -0.2) is 29.9 Å². The lowest BCUT2D eigenvalue weighted by Crippen LogP contribution is -2.50. The summed E-state index contributed by atoms with van der Waals surface area (Å²) in [5, 5.41) is 3.00. The highest BCUT2D eigenvalue weighted by atomic mass is 16.2. The number of rotatable bonds is 5. The van der Waals surface area contributed by atoms with Crippen LogP contribution in [0.1, 0.15) is 40.9 Å². The Balaban J connectivity index is 1.58. The van der Waals surface area contributed by atoms with Gasteiger partial charge in [0.1, 0.15) is 0 Å². The molecule has 1 heterocycles. The Hall–Kier alpha value is -3.60. The molecule has 1 saturated heterocycles. The lowest BCUT2D eigenvalue weighted by molar-refractivity contribution is 0.102. The summed E-state index contributed by atoms with van der Waals surface area (Å²) in [6.07, 6.45) is 0.864. The number of urea groups is 1. The molecule has 1 fully saturated rings. The average molecular weight is 414 g/mol. The number of hydrogen-bond donors (Lipinski definition) is 1. The van der Waals surface area contributed by atoms with Gasteiger partial charge in [-0.15, -0.1) is 0 Å². The first-order valence-corrected chi connectivity index (χ1v) is 10.6. The molecule has 5 heteroatoms. The van der Waals surface area contributed by atoms with Crippen LogP contribution in [0.3, 0.4) is 0 Å². The van der Waals surface area contributed by atoms with Crippen LogP contribution in [0.25, 0.3) is 0 Å². The molecule has 1 N–H and O–H groups in total. The van der Waals surface area contributed by atoms with Crippen LogP contribution < -0.4 is 10.2 Å². The van der Waals surface area contributed by atoms with Crippen LogP contribution in [0.4, 0.5) is 16.2 Å². The SMILES string of the molecule is Cc1cccc(C(=O)Nc2ccccc2N2CCCN([C@H](C)c3ccccc3)C2=O)c1. The molecule has 158 valence electrons. The minimum atomic E-state index is -0.185. The molecule has 1 atom stereocenters. The molecule has 3 aromatic carbocycles. The van der Waals surface area contributed by atoms with Gasteiger partial charge in [0, 0.05) is 18.7 Å². The van der Waals surface area contributed by atoms with Gasteiger partial charge in [0.15, 0.2) is 0 Å². The molecule has 1 aliphatic rings. The number of aryl methyl sites for hydroxylation is 1. The number of nitrogens with zero attached hydrogens (tertiary/aromatic N) is 2. The summed E-state index contributed by atoms with van der Waals surface area (Å²) in [5.74, 6) is -0.185. The van der Waals surface area contributed by atoms with E-state index in [0.717, 1.165) is 23.2 Å². The molecule has 4 rings (SSSR count). The zero-order valence-corrected chi connectivity index (χ0v) is 17.9. The molecule has 0 bridgehead atoms. The van der Waals surface area contributed by atoms with Crippen molar-refractivity contribution < 1.29 is 9.59 Å². The van der Waals surface area contributed by atoms with Gasteiger partial charge in [-0.05, 0) is 50.1 Å². The summed E-state index contributed by atoms with van der Waals surface area (Å²) in [4.78, 5) is 29.9. The highest BCUT2D eigenvalue weighted by molar-refractivity contribution is 6.07. The van der Waals surface area contributed by atoms with Crippen molar-refractivity contribution in [2.45, 2.75) is 26.3 Å². The number of carbonyl (C=O) groups is 2. The first-order chi connectivity index (χ1) is 15.0. The number of carbonyl (C=O) groups excluding carboxylic acids is 2. The van der Waals surface area contributed by atoms with Gasteiger partial charge in [-0.25, -0.2) is 4.79 Å². The third kappa shape index (κ3) is 4.45. The minimum absolute atomic E-state index is 0.0226. The van der Waals surface area contributed by atoms with Crippen molar-refractivity contribution in [3.63, 3.8) is 0 Å². The second-order valence-electron chi connectivity index (χ2n) is 7.91. The number of anilines is 2. The predicted molar refractivity (Wildman–Crippen MR) is 124 cm³/mol. The summed E-state index contributed by atoms with van der Waals surface area (Å²) in [5.41, 5.74) is 4.09. The Morgan fingerprint density at radius 1 is 0.935 bits per heavy atom. The highest BCUT2D eigenvalue weighted by Gasteiger charge is 2.31. The maximum absolute atomic E-state index is 13.4. The summed E-state index contributed by atoms with van der Waals surface area (Å²) in [6, 6.07) is 25.0. The van der Waals surface area contributed by atoms with Crippen LogP contribution in [0.15, 0.2) is 78.9 Å². The van der Waals surface area contributed by atoms with E-state index in [1.54, 1.807) is 11.0 Å². The van der Waals surface area contributed by atoms with Crippen molar-refractivity contribution in [3.8, 4) is 0 Å². The molecule has 1 aliphatic heterocycles. The number of amides is 3. The highest BCUT2D eigenvalue weighted by Crippen LogP contribution is 2.32. The number of hydrogen-bond acceptors (Lipinski definition) is 2. The maximum Gasteiger partial charge on any atom is 0.325 e. The van der Waals surface area contributed by atoms with Crippen molar-refractivity contribution in [1.29, 1.82) is 0 Å². The molecule has 0 saturated carbocycles. The van der Waals surface area contributed by atoms with Crippen LogP contribution in [-0.2, 0) is 0 Å². The lowest BCUT2D eigenvalue weighted by atomic mass is 10.1. The first kappa shape index (κ1) is 20.7. The number of benzene rings is 3. The van der Waals surface area contributed by atoms with Crippen LogP contribution in [0.2, 0.25) is 0 Å². The monoisotopic (exact) mass is 413 g/mol. The molecule has 31 heavy (non-hydrogen) atoms. The first-order valence-electron chi connectivity index (χ1n) is 10.6. The number of para-hydroxylation sites is 2. The standard InChI is InChI=1S/C26H27N3O2/c1-19-10-8-13-22(18-19)25(30)27-23-14-6-7-15-24(23)29-17-9-16-28(26(29)31)20(2)21-11-4-3-5-12-21/h3-8,10-15,18,20H,9,16-17H2,1-2H3,(H,27,30)/t20-/m1/s1. The van der Waals surface area contributed by atoms with Gasteiger partial charge in [0.05, 0.1) is 17.4 Å². The Morgan fingerprint density at radius 3 is 2.45 bits per heavy atom. The second-order valence-corrected chi connectivity index (χ2v) is 7.91. The smallest absolute Gasteiger partial charge is 0.320 e. The molecule has 0 aromatic heterocycles. The summed E-state index contributed by atoms with van der Waals surface area (Å²) in [6.45, 7) is 5.35. The largest absolute Gasteiger partial charge is 0.325 e. The Bertz CT molecular complexity index is 1080. The molecule has 3 aromatic rings. The average Bonchev–Trinajstić information content (AvgIpc) is 2.80. The van der Waals surface area contributed by atoms with E-state index in [1.807, 2.05) is 84.6 Å². The Labute approximate surface area is 183 Å². The Morgan fingerprint density at radius 2 is 1.68 bits per heavy atom. The van der Waals surface area contributed by atoms with Gasteiger partial charge >= 0.3 is 6.03 Å². The number of nitrogens with one attached hydrogen (secondary N) is 1. The third-order valence-corrected chi connectivity index (χ3v) is 5.73. The van der Waals surface area contributed by atoms with E-state index in [-0.39, 0.29) is 18.0 Å². The van der Waals surface area contributed by atoms with E-state index in [4.69, 9.17) is 0 Å². The molecular weight excluding hydrogens is 386 g/mol. The zero-order chi connectivity index (χ0) is 21.8. The van der Waals surface area contributed by atoms with Gasteiger partial charge in [-0.2, -0.15) is 0 Å². The normalized spacial score (nSPS) is 15.0. The van der Waals surface area contributed by atoms with Crippen molar-refractivity contribution in [2.75, 3.05) is 23.3 Å². The van der Waals surface area contributed by atoms with Crippen LogP contribution >= 0.6 is 0 Å². The van der Waals surface area contributed by atoms with Gasteiger partial charge < -0.3 is 10.2 Å². The van der Waals surface area contributed by atoms with E-state index >= 15 is 0 Å². The van der Waals surface area contributed by atoms with E-state index in [0.29, 0.717) is 24.3 Å². The molecule has 0 unspecified atom stereocenters. The van der Waals surface area contributed by atoms with Crippen molar-refractivity contribution in [1.82, 2.24) is 4.90 Å². The molecule has 0 aliphatic carbocycles. The molecule has 0 spiro atoms. The van der Waals surface area contributed by atoms with E-state index in [1.165, 1.54) is 0 Å². The summed E-state index contributed by atoms with van der Waals surface area (Å²) < 4.78 is 0. The van der Waals surface area contributed by atoms with Gasteiger partial charge in [0.2, 0.25) is 0 Å². The fourth-order valence-electron chi connectivity index (χ4n) is 4.04. The van der Waals surface area contributed by atoms with Gasteiger partial charge in [-0.3, -0.25) is 9.69 Å². The molecule has 0 radical (unpaired) electrons. The van der Waals surface area contributed by atoms with Crippen molar-refractivity contribution >= 4 is 23.3 Å². The van der Waals surface area contributed by atoms with Crippen LogP contribution in [0.5, 0.6) is 0 Å². The topological polar surface area (TPSA) is 52.7 Å². The fraction of sp³-hybridized carbons (Fsp3) is 0.231.